The second-order valence-corrected chi connectivity index (χ2v) is 2.72. The van der Waals surface area contributed by atoms with Gasteiger partial charge in [0.25, 0.3) is 0 Å². The molecule has 1 aromatic rings. The van der Waals surface area contributed by atoms with Crippen molar-refractivity contribution in [3.05, 3.63) is 33.7 Å². The molecule has 0 aliphatic heterocycles. The predicted molar refractivity (Wildman–Crippen MR) is 50.0 cm³/mol. The summed E-state index contributed by atoms with van der Waals surface area (Å²) in [6.45, 7) is 1.98. The van der Waals surface area contributed by atoms with Gasteiger partial charge in [0.1, 0.15) is 4.64 Å². The minimum atomic E-state index is -0.512. The van der Waals surface area contributed by atoms with E-state index in [1.165, 1.54) is 12.1 Å². The molecule has 1 heterocycles. The zero-order chi connectivity index (χ0) is 9.84. The Morgan fingerprint density at radius 3 is 2.92 bits per heavy atom. The van der Waals surface area contributed by atoms with Gasteiger partial charge in [-0.05, 0) is 19.1 Å². The SMILES string of the molecule is CCOC(=O)c1ccc(=S)n([O-])c1. The van der Waals surface area contributed by atoms with Gasteiger partial charge in [0.2, 0.25) is 0 Å². The number of pyridine rings is 1. The van der Waals surface area contributed by atoms with Crippen molar-refractivity contribution in [2.24, 2.45) is 0 Å². The zero-order valence-corrected chi connectivity index (χ0v) is 7.84. The number of ether oxygens (including phenoxy) is 1. The fraction of sp³-hybridized carbons (Fsp3) is 0.250. The van der Waals surface area contributed by atoms with Gasteiger partial charge in [0.15, 0.2) is 0 Å². The molecule has 0 fully saturated rings. The molecule has 0 aliphatic carbocycles. The number of nitrogens with zero attached hydrogens (tertiary/aromatic N) is 1. The maximum atomic E-state index is 11.1. The minimum absolute atomic E-state index is 0.132. The highest BCUT2D eigenvalue weighted by Crippen LogP contribution is 2.02. The van der Waals surface area contributed by atoms with E-state index in [1.54, 1.807) is 6.92 Å². The largest absolute Gasteiger partial charge is 0.805 e. The van der Waals surface area contributed by atoms with E-state index in [2.05, 4.69) is 12.2 Å². The lowest BCUT2D eigenvalue weighted by Gasteiger charge is -2.11. The van der Waals surface area contributed by atoms with E-state index in [0.717, 1.165) is 6.20 Å². The van der Waals surface area contributed by atoms with Gasteiger partial charge in [-0.15, -0.1) is 0 Å². The van der Waals surface area contributed by atoms with Crippen LogP contribution >= 0.6 is 12.2 Å². The molecule has 0 spiro atoms. The molecule has 0 aliphatic rings. The van der Waals surface area contributed by atoms with E-state index in [-0.39, 0.29) is 16.8 Å². The molecule has 0 saturated carbocycles. The van der Waals surface area contributed by atoms with E-state index in [9.17, 15) is 10.0 Å². The topological polar surface area (TPSA) is 54.3 Å². The van der Waals surface area contributed by atoms with Crippen LogP contribution in [0.4, 0.5) is 0 Å². The summed E-state index contributed by atoms with van der Waals surface area (Å²) in [4.78, 5) is 11.1. The summed E-state index contributed by atoms with van der Waals surface area (Å²) in [5.74, 6) is -0.512. The summed E-state index contributed by atoms with van der Waals surface area (Å²) in [5.41, 5.74) is 0.213. The summed E-state index contributed by atoms with van der Waals surface area (Å²) in [7, 11) is 0. The molecular formula is C8H8NO3S-. The Labute approximate surface area is 80.3 Å². The van der Waals surface area contributed by atoms with Gasteiger partial charge in [-0.3, -0.25) is 0 Å². The molecule has 0 N–H and O–H groups in total. The Balaban J connectivity index is 2.97. The molecule has 5 heteroatoms. The summed E-state index contributed by atoms with van der Waals surface area (Å²) in [6.07, 6.45) is 1.11. The molecule has 0 unspecified atom stereocenters. The lowest BCUT2D eigenvalue weighted by molar-refractivity contribution is 0.0525. The molecule has 0 aromatic carbocycles. The number of carbonyl (C=O) groups is 1. The monoisotopic (exact) mass is 198 g/mol. The molecule has 13 heavy (non-hydrogen) atoms. The Bertz CT molecular complexity index is 372. The van der Waals surface area contributed by atoms with Gasteiger partial charge in [-0.1, -0.05) is 12.2 Å². The lowest BCUT2D eigenvalue weighted by atomic mass is 10.3. The maximum absolute atomic E-state index is 11.1. The minimum Gasteiger partial charge on any atom is -0.805 e. The number of hydrogen-bond donors (Lipinski definition) is 0. The van der Waals surface area contributed by atoms with Crippen LogP contribution in [0.5, 0.6) is 0 Å². The molecule has 0 amide bonds. The average Bonchev–Trinajstić information content (AvgIpc) is 2.10. The Morgan fingerprint density at radius 2 is 2.38 bits per heavy atom. The van der Waals surface area contributed by atoms with E-state index >= 15 is 0 Å². The Kier molecular flexibility index (Phi) is 3.02. The molecule has 4 nitrogen and oxygen atoms in total. The van der Waals surface area contributed by atoms with Crippen LogP contribution in [0.2, 0.25) is 0 Å². The normalized spacial score (nSPS) is 9.62. The highest BCUT2D eigenvalue weighted by Gasteiger charge is 2.04. The molecule has 70 valence electrons. The quantitative estimate of drug-likeness (QED) is 0.536. The van der Waals surface area contributed by atoms with Crippen molar-refractivity contribution in [3.63, 3.8) is 0 Å². The molecular weight excluding hydrogens is 190 g/mol. The summed E-state index contributed by atoms with van der Waals surface area (Å²) in [5, 5.41) is 11.0. The number of esters is 1. The molecule has 0 saturated heterocycles. The van der Waals surface area contributed by atoms with Crippen molar-refractivity contribution in [2.75, 3.05) is 6.61 Å². The van der Waals surface area contributed by atoms with Gasteiger partial charge < -0.3 is 14.7 Å². The standard InChI is InChI=1S/C8H8NO3S/c1-2-12-8(10)6-3-4-7(13)9(11)5-6/h3-5H,2H2,1H3/q-1. The summed E-state index contributed by atoms with van der Waals surface area (Å²) < 4.78 is 5.29. The zero-order valence-electron chi connectivity index (χ0n) is 7.02. The number of aromatic nitrogens is 1. The first kappa shape index (κ1) is 9.73. The first-order chi connectivity index (χ1) is 6.15. The van der Waals surface area contributed by atoms with Crippen molar-refractivity contribution >= 4 is 18.2 Å². The summed E-state index contributed by atoms with van der Waals surface area (Å²) >= 11 is 4.66. The third kappa shape index (κ3) is 2.29. The molecule has 0 bridgehead atoms. The molecule has 0 atom stereocenters. The van der Waals surface area contributed by atoms with Crippen LogP contribution in [0, 0.1) is 9.85 Å². The Hall–Kier alpha value is -1.36. The van der Waals surface area contributed by atoms with Crippen LogP contribution in [-0.2, 0) is 4.74 Å². The van der Waals surface area contributed by atoms with Gasteiger partial charge in [0, 0.05) is 6.20 Å². The molecule has 1 aromatic heterocycles. The molecule has 0 radical (unpaired) electrons. The van der Waals surface area contributed by atoms with Gasteiger partial charge in [-0.2, -0.15) is 0 Å². The van der Waals surface area contributed by atoms with Gasteiger partial charge in [0.05, 0.1) is 12.2 Å². The fourth-order valence-corrected chi connectivity index (χ4v) is 0.923. The summed E-state index contributed by atoms with van der Waals surface area (Å²) in [6, 6.07) is 2.86. The van der Waals surface area contributed by atoms with E-state index < -0.39 is 5.97 Å². The highest BCUT2D eigenvalue weighted by atomic mass is 32.1. The van der Waals surface area contributed by atoms with Crippen LogP contribution in [0.1, 0.15) is 17.3 Å². The van der Waals surface area contributed by atoms with Crippen LogP contribution in [0.15, 0.2) is 18.3 Å². The first-order valence-corrected chi connectivity index (χ1v) is 4.13. The van der Waals surface area contributed by atoms with Gasteiger partial charge in [-0.25, -0.2) is 4.79 Å². The van der Waals surface area contributed by atoms with E-state index in [4.69, 9.17) is 4.74 Å². The third-order valence-electron chi connectivity index (χ3n) is 1.39. The molecule has 1 rings (SSSR count). The van der Waals surface area contributed by atoms with Crippen molar-refractivity contribution in [2.45, 2.75) is 6.92 Å². The second-order valence-electron chi connectivity index (χ2n) is 2.30. The average molecular weight is 198 g/mol. The van der Waals surface area contributed by atoms with Crippen molar-refractivity contribution in [1.82, 2.24) is 4.73 Å². The third-order valence-corrected chi connectivity index (χ3v) is 1.71. The van der Waals surface area contributed by atoms with Crippen molar-refractivity contribution < 1.29 is 9.53 Å². The van der Waals surface area contributed by atoms with E-state index in [0.29, 0.717) is 4.73 Å². The fourth-order valence-electron chi connectivity index (χ4n) is 0.803. The van der Waals surface area contributed by atoms with Crippen LogP contribution < -0.4 is 0 Å². The first-order valence-electron chi connectivity index (χ1n) is 3.72. The second kappa shape index (κ2) is 4.04. The van der Waals surface area contributed by atoms with Crippen LogP contribution in [-0.4, -0.2) is 17.3 Å². The predicted octanol–water partition coefficient (Wildman–Crippen LogP) is 1.74. The smallest absolute Gasteiger partial charge is 0.339 e. The van der Waals surface area contributed by atoms with E-state index in [1.807, 2.05) is 0 Å². The van der Waals surface area contributed by atoms with Crippen molar-refractivity contribution in [1.29, 1.82) is 0 Å². The van der Waals surface area contributed by atoms with Crippen LogP contribution in [0.3, 0.4) is 0 Å². The Morgan fingerprint density at radius 1 is 1.69 bits per heavy atom. The number of carbonyl (C=O) groups excluding carboxylic acids is 1. The maximum Gasteiger partial charge on any atom is 0.339 e. The lowest BCUT2D eigenvalue weighted by Crippen LogP contribution is -2.06. The number of hydrogen-bond acceptors (Lipinski definition) is 4. The van der Waals surface area contributed by atoms with Crippen LogP contribution in [0.25, 0.3) is 0 Å². The van der Waals surface area contributed by atoms with Crippen molar-refractivity contribution in [3.8, 4) is 0 Å². The highest BCUT2D eigenvalue weighted by molar-refractivity contribution is 7.71. The van der Waals surface area contributed by atoms with Gasteiger partial charge >= 0.3 is 5.97 Å². The number of rotatable bonds is 2.